The first-order valence-electron chi connectivity index (χ1n) is 5.78. The summed E-state index contributed by atoms with van der Waals surface area (Å²) in [7, 11) is 0. The van der Waals surface area contributed by atoms with Crippen molar-refractivity contribution in [1.82, 2.24) is 4.98 Å². The summed E-state index contributed by atoms with van der Waals surface area (Å²) in [5.41, 5.74) is 8.57. The molecular formula is C13H16N2S. The molecule has 1 heterocycles. The lowest BCUT2D eigenvalue weighted by Crippen LogP contribution is -2.18. The molecule has 1 aliphatic carbocycles. The third-order valence-corrected chi connectivity index (χ3v) is 4.58. The standard InChI is InChI=1S/C13H16N2S/c1-8(2)12-15-10-4-3-9(7-11(10)16-12)13(14)5-6-13/h3-4,7-8H,5-6,14H2,1-2H3. The Morgan fingerprint density at radius 2 is 2.12 bits per heavy atom. The smallest absolute Gasteiger partial charge is 0.0963 e. The van der Waals surface area contributed by atoms with Gasteiger partial charge in [0.15, 0.2) is 0 Å². The lowest BCUT2D eigenvalue weighted by Gasteiger charge is -2.07. The molecule has 1 aromatic heterocycles. The average Bonchev–Trinajstić information content (AvgIpc) is 2.86. The number of rotatable bonds is 2. The highest BCUT2D eigenvalue weighted by Crippen LogP contribution is 2.43. The zero-order chi connectivity index (χ0) is 11.3. The Hall–Kier alpha value is -0.930. The SMILES string of the molecule is CC(C)c1nc2ccc(C3(N)CC3)cc2s1. The van der Waals surface area contributed by atoms with E-state index in [1.54, 1.807) is 11.3 Å². The van der Waals surface area contributed by atoms with Crippen molar-refractivity contribution in [3.8, 4) is 0 Å². The lowest BCUT2D eigenvalue weighted by molar-refractivity contribution is 0.742. The second-order valence-electron chi connectivity index (χ2n) is 5.05. The predicted octanol–water partition coefficient (Wildman–Crippen LogP) is 3.37. The van der Waals surface area contributed by atoms with E-state index in [1.165, 1.54) is 15.3 Å². The molecule has 1 saturated carbocycles. The maximum absolute atomic E-state index is 6.21. The van der Waals surface area contributed by atoms with Gasteiger partial charge < -0.3 is 5.73 Å². The van der Waals surface area contributed by atoms with Crippen LogP contribution in [0, 0.1) is 0 Å². The molecule has 0 amide bonds. The van der Waals surface area contributed by atoms with Crippen LogP contribution in [0.4, 0.5) is 0 Å². The third-order valence-electron chi connectivity index (χ3n) is 3.26. The number of thiazole rings is 1. The van der Waals surface area contributed by atoms with E-state index in [0.717, 1.165) is 18.4 Å². The summed E-state index contributed by atoms with van der Waals surface area (Å²) < 4.78 is 1.28. The fourth-order valence-electron chi connectivity index (χ4n) is 1.92. The molecule has 0 radical (unpaired) electrons. The van der Waals surface area contributed by atoms with Gasteiger partial charge in [-0.3, -0.25) is 0 Å². The van der Waals surface area contributed by atoms with E-state index in [1.807, 2.05) is 0 Å². The molecular weight excluding hydrogens is 216 g/mol. The number of nitrogens with zero attached hydrogens (tertiary/aromatic N) is 1. The Bertz CT molecular complexity index is 538. The molecule has 0 spiro atoms. The van der Waals surface area contributed by atoms with Gasteiger partial charge in [0.25, 0.3) is 0 Å². The number of hydrogen-bond donors (Lipinski definition) is 1. The van der Waals surface area contributed by atoms with Crippen LogP contribution in [0.5, 0.6) is 0 Å². The molecule has 84 valence electrons. The van der Waals surface area contributed by atoms with Crippen LogP contribution in [0.2, 0.25) is 0 Å². The first-order valence-corrected chi connectivity index (χ1v) is 6.60. The van der Waals surface area contributed by atoms with Crippen molar-refractivity contribution < 1.29 is 0 Å². The number of nitrogens with two attached hydrogens (primary N) is 1. The number of benzene rings is 1. The molecule has 2 aromatic rings. The molecule has 2 N–H and O–H groups in total. The maximum Gasteiger partial charge on any atom is 0.0963 e. The quantitative estimate of drug-likeness (QED) is 0.862. The van der Waals surface area contributed by atoms with E-state index in [2.05, 4.69) is 37.0 Å². The largest absolute Gasteiger partial charge is 0.321 e. The maximum atomic E-state index is 6.21. The Kier molecular flexibility index (Phi) is 2.10. The predicted molar refractivity (Wildman–Crippen MR) is 68.8 cm³/mol. The van der Waals surface area contributed by atoms with E-state index in [9.17, 15) is 0 Å². The first kappa shape index (κ1) is 10.2. The van der Waals surface area contributed by atoms with Crippen LogP contribution in [-0.2, 0) is 5.54 Å². The summed E-state index contributed by atoms with van der Waals surface area (Å²) in [5, 5.41) is 1.22. The zero-order valence-corrected chi connectivity index (χ0v) is 10.5. The second kappa shape index (κ2) is 3.28. The molecule has 0 aliphatic heterocycles. The molecule has 1 fully saturated rings. The molecule has 16 heavy (non-hydrogen) atoms. The van der Waals surface area contributed by atoms with Crippen LogP contribution in [0.25, 0.3) is 10.2 Å². The minimum absolute atomic E-state index is 0.0316. The summed E-state index contributed by atoms with van der Waals surface area (Å²) in [4.78, 5) is 4.63. The van der Waals surface area contributed by atoms with Crippen molar-refractivity contribution in [3.05, 3.63) is 28.8 Å². The van der Waals surface area contributed by atoms with Crippen LogP contribution in [0.1, 0.15) is 43.2 Å². The van der Waals surface area contributed by atoms with Gasteiger partial charge in [-0.05, 0) is 30.5 Å². The van der Waals surface area contributed by atoms with Gasteiger partial charge >= 0.3 is 0 Å². The minimum Gasteiger partial charge on any atom is -0.321 e. The van der Waals surface area contributed by atoms with E-state index >= 15 is 0 Å². The fourth-order valence-corrected chi connectivity index (χ4v) is 2.93. The van der Waals surface area contributed by atoms with Gasteiger partial charge in [0.05, 0.1) is 15.2 Å². The van der Waals surface area contributed by atoms with Crippen molar-refractivity contribution in [2.75, 3.05) is 0 Å². The fraction of sp³-hybridized carbons (Fsp3) is 0.462. The summed E-state index contributed by atoms with van der Waals surface area (Å²) >= 11 is 1.80. The van der Waals surface area contributed by atoms with Gasteiger partial charge in [-0.15, -0.1) is 11.3 Å². The van der Waals surface area contributed by atoms with Gasteiger partial charge in [0.1, 0.15) is 0 Å². The third kappa shape index (κ3) is 1.55. The summed E-state index contributed by atoms with van der Waals surface area (Å²) in [5.74, 6) is 0.508. The molecule has 0 atom stereocenters. The second-order valence-corrected chi connectivity index (χ2v) is 6.11. The molecule has 1 aliphatic rings. The molecule has 0 unspecified atom stereocenters. The molecule has 3 rings (SSSR count). The van der Waals surface area contributed by atoms with E-state index in [-0.39, 0.29) is 5.54 Å². The monoisotopic (exact) mass is 232 g/mol. The number of aromatic nitrogens is 1. The topological polar surface area (TPSA) is 38.9 Å². The van der Waals surface area contributed by atoms with Crippen molar-refractivity contribution in [3.63, 3.8) is 0 Å². The van der Waals surface area contributed by atoms with Crippen LogP contribution >= 0.6 is 11.3 Å². The summed E-state index contributed by atoms with van der Waals surface area (Å²) in [6.45, 7) is 4.37. The van der Waals surface area contributed by atoms with Gasteiger partial charge in [0, 0.05) is 11.5 Å². The van der Waals surface area contributed by atoms with Crippen molar-refractivity contribution in [2.45, 2.75) is 38.1 Å². The zero-order valence-electron chi connectivity index (χ0n) is 9.66. The lowest BCUT2D eigenvalue weighted by atomic mass is 10.1. The molecule has 1 aromatic carbocycles. The van der Waals surface area contributed by atoms with Gasteiger partial charge in [0.2, 0.25) is 0 Å². The van der Waals surface area contributed by atoms with Crippen molar-refractivity contribution in [1.29, 1.82) is 0 Å². The van der Waals surface area contributed by atoms with E-state index < -0.39 is 0 Å². The van der Waals surface area contributed by atoms with Crippen molar-refractivity contribution in [2.24, 2.45) is 5.73 Å². The first-order chi connectivity index (χ1) is 7.58. The van der Waals surface area contributed by atoms with Gasteiger partial charge in [-0.1, -0.05) is 19.9 Å². The van der Waals surface area contributed by atoms with Gasteiger partial charge in [-0.25, -0.2) is 4.98 Å². The molecule has 2 nitrogen and oxygen atoms in total. The number of fused-ring (bicyclic) bond motifs is 1. The molecule has 0 bridgehead atoms. The van der Waals surface area contributed by atoms with Crippen LogP contribution in [-0.4, -0.2) is 4.98 Å². The van der Waals surface area contributed by atoms with Crippen LogP contribution < -0.4 is 5.73 Å². The highest BCUT2D eigenvalue weighted by Gasteiger charge is 2.40. The normalized spacial score (nSPS) is 18.2. The Morgan fingerprint density at radius 1 is 1.38 bits per heavy atom. The average molecular weight is 232 g/mol. The van der Waals surface area contributed by atoms with Crippen molar-refractivity contribution >= 4 is 21.6 Å². The Labute approximate surface area is 99.5 Å². The van der Waals surface area contributed by atoms with Crippen LogP contribution in [0.3, 0.4) is 0 Å². The van der Waals surface area contributed by atoms with Crippen LogP contribution in [0.15, 0.2) is 18.2 Å². The minimum atomic E-state index is -0.0316. The summed E-state index contributed by atoms with van der Waals surface area (Å²) in [6.07, 6.45) is 2.24. The van der Waals surface area contributed by atoms with Gasteiger partial charge in [-0.2, -0.15) is 0 Å². The number of hydrogen-bond acceptors (Lipinski definition) is 3. The molecule has 0 saturated heterocycles. The Balaban J connectivity index is 2.10. The highest BCUT2D eigenvalue weighted by molar-refractivity contribution is 7.18. The van der Waals surface area contributed by atoms with E-state index in [0.29, 0.717) is 5.92 Å². The van der Waals surface area contributed by atoms with E-state index in [4.69, 9.17) is 5.73 Å². The summed E-state index contributed by atoms with van der Waals surface area (Å²) in [6, 6.07) is 6.48. The highest BCUT2D eigenvalue weighted by atomic mass is 32.1. The Morgan fingerprint density at radius 3 is 2.75 bits per heavy atom. The molecule has 3 heteroatoms.